The van der Waals surface area contributed by atoms with Crippen molar-refractivity contribution in [3.63, 3.8) is 0 Å². The Labute approximate surface area is 137 Å². The first-order chi connectivity index (χ1) is 10.7. The lowest BCUT2D eigenvalue weighted by atomic mass is 9.94. The number of amides is 2. The number of hydrogen-bond acceptors (Lipinski definition) is 2. The SMILES string of the molecule is CC(C)(C)NC(=O)C1CCN(C(=O)Cc2cccc(F)c2)CC1. The van der Waals surface area contributed by atoms with Gasteiger partial charge in [0.15, 0.2) is 0 Å². The third-order valence-corrected chi connectivity index (χ3v) is 3.96. The molecule has 0 spiro atoms. The highest BCUT2D eigenvalue weighted by molar-refractivity contribution is 5.81. The molecule has 1 aliphatic rings. The van der Waals surface area contributed by atoms with E-state index in [0.717, 1.165) is 0 Å². The van der Waals surface area contributed by atoms with E-state index in [9.17, 15) is 14.0 Å². The average molecular weight is 320 g/mol. The second-order valence-corrected chi connectivity index (χ2v) is 7.20. The van der Waals surface area contributed by atoms with Gasteiger partial charge in [0.1, 0.15) is 5.82 Å². The molecule has 1 aromatic rings. The molecule has 0 radical (unpaired) electrons. The Morgan fingerprint density at radius 1 is 1.26 bits per heavy atom. The van der Waals surface area contributed by atoms with E-state index < -0.39 is 0 Å². The van der Waals surface area contributed by atoms with E-state index in [1.165, 1.54) is 12.1 Å². The number of likely N-dealkylation sites (tertiary alicyclic amines) is 1. The van der Waals surface area contributed by atoms with Gasteiger partial charge >= 0.3 is 0 Å². The molecular formula is C18H25FN2O2. The summed E-state index contributed by atoms with van der Waals surface area (Å²) < 4.78 is 13.2. The van der Waals surface area contributed by atoms with Gasteiger partial charge in [-0.3, -0.25) is 9.59 Å². The molecule has 126 valence electrons. The van der Waals surface area contributed by atoms with Gasteiger partial charge in [0.25, 0.3) is 0 Å². The lowest BCUT2D eigenvalue weighted by molar-refractivity contribution is -0.135. The van der Waals surface area contributed by atoms with Crippen molar-refractivity contribution in [2.45, 2.75) is 45.6 Å². The van der Waals surface area contributed by atoms with Crippen LogP contribution in [0.2, 0.25) is 0 Å². The number of benzene rings is 1. The first-order valence-electron chi connectivity index (χ1n) is 8.09. The summed E-state index contributed by atoms with van der Waals surface area (Å²) in [7, 11) is 0. The maximum absolute atomic E-state index is 13.2. The quantitative estimate of drug-likeness (QED) is 0.930. The molecule has 0 atom stereocenters. The van der Waals surface area contributed by atoms with Gasteiger partial charge in [-0.15, -0.1) is 0 Å². The number of carbonyl (C=O) groups is 2. The Bertz CT molecular complexity index is 573. The molecule has 1 fully saturated rings. The van der Waals surface area contributed by atoms with E-state index in [-0.39, 0.29) is 35.5 Å². The summed E-state index contributed by atoms with van der Waals surface area (Å²) in [5.41, 5.74) is 0.448. The standard InChI is InChI=1S/C18H25FN2O2/c1-18(2,3)20-17(23)14-7-9-21(10-8-14)16(22)12-13-5-4-6-15(19)11-13/h4-6,11,14H,7-10,12H2,1-3H3,(H,20,23). The van der Waals surface area contributed by atoms with Crippen LogP contribution in [0.1, 0.15) is 39.2 Å². The summed E-state index contributed by atoms with van der Waals surface area (Å²) in [5.74, 6) is -0.305. The number of piperidine rings is 1. The molecule has 1 heterocycles. The molecule has 4 nitrogen and oxygen atoms in total. The normalized spacial score (nSPS) is 16.3. The molecule has 0 unspecified atom stereocenters. The summed E-state index contributed by atoms with van der Waals surface area (Å²) in [5, 5.41) is 2.99. The highest BCUT2D eigenvalue weighted by Gasteiger charge is 2.29. The van der Waals surface area contributed by atoms with Crippen LogP contribution in [-0.2, 0) is 16.0 Å². The van der Waals surface area contributed by atoms with Crippen molar-refractivity contribution in [1.29, 1.82) is 0 Å². The van der Waals surface area contributed by atoms with E-state index in [1.54, 1.807) is 17.0 Å². The minimum atomic E-state index is -0.326. The molecule has 0 bridgehead atoms. The zero-order valence-corrected chi connectivity index (χ0v) is 14.1. The third-order valence-electron chi connectivity index (χ3n) is 3.96. The summed E-state index contributed by atoms with van der Waals surface area (Å²) in [6, 6.07) is 6.13. The molecule has 23 heavy (non-hydrogen) atoms. The van der Waals surface area contributed by atoms with Crippen molar-refractivity contribution in [2.75, 3.05) is 13.1 Å². The molecule has 0 saturated carbocycles. The van der Waals surface area contributed by atoms with Crippen LogP contribution in [0.3, 0.4) is 0 Å². The van der Waals surface area contributed by atoms with E-state index in [2.05, 4.69) is 5.32 Å². The van der Waals surface area contributed by atoms with Crippen molar-refractivity contribution >= 4 is 11.8 Å². The molecule has 2 amide bonds. The monoisotopic (exact) mass is 320 g/mol. The molecule has 1 aromatic carbocycles. The number of nitrogens with one attached hydrogen (secondary N) is 1. The summed E-state index contributed by atoms with van der Waals surface area (Å²) in [6.07, 6.45) is 1.56. The minimum absolute atomic E-state index is 0.00900. The van der Waals surface area contributed by atoms with Crippen LogP contribution in [0.4, 0.5) is 4.39 Å². The van der Waals surface area contributed by atoms with Crippen LogP contribution in [0.5, 0.6) is 0 Å². The fraction of sp³-hybridized carbons (Fsp3) is 0.556. The highest BCUT2D eigenvalue weighted by Crippen LogP contribution is 2.19. The molecule has 1 aliphatic heterocycles. The average Bonchev–Trinajstić information content (AvgIpc) is 2.45. The van der Waals surface area contributed by atoms with Crippen LogP contribution >= 0.6 is 0 Å². The molecule has 1 saturated heterocycles. The second-order valence-electron chi connectivity index (χ2n) is 7.20. The van der Waals surface area contributed by atoms with Gasteiger partial charge in [-0.2, -0.15) is 0 Å². The minimum Gasteiger partial charge on any atom is -0.351 e. The maximum atomic E-state index is 13.2. The van der Waals surface area contributed by atoms with Gasteiger partial charge in [0.05, 0.1) is 6.42 Å². The summed E-state index contributed by atoms with van der Waals surface area (Å²) in [4.78, 5) is 26.2. The van der Waals surface area contributed by atoms with Crippen molar-refractivity contribution in [3.8, 4) is 0 Å². The van der Waals surface area contributed by atoms with Crippen LogP contribution in [0, 0.1) is 11.7 Å². The Kier molecular flexibility index (Phi) is 5.39. The van der Waals surface area contributed by atoms with E-state index in [0.29, 0.717) is 31.5 Å². The van der Waals surface area contributed by atoms with Gasteiger partial charge in [-0.05, 0) is 51.3 Å². The largest absolute Gasteiger partial charge is 0.351 e. The van der Waals surface area contributed by atoms with Crippen molar-refractivity contribution in [1.82, 2.24) is 10.2 Å². The van der Waals surface area contributed by atoms with Gasteiger partial charge in [-0.1, -0.05) is 12.1 Å². The molecule has 0 aliphatic carbocycles. The lowest BCUT2D eigenvalue weighted by Gasteiger charge is -2.33. The fourth-order valence-corrected chi connectivity index (χ4v) is 2.80. The second kappa shape index (κ2) is 7.11. The number of hydrogen-bond donors (Lipinski definition) is 1. The van der Waals surface area contributed by atoms with Gasteiger partial charge in [0.2, 0.25) is 11.8 Å². The topological polar surface area (TPSA) is 49.4 Å². The van der Waals surface area contributed by atoms with E-state index in [4.69, 9.17) is 0 Å². The molecule has 2 rings (SSSR count). The Balaban J connectivity index is 1.84. The van der Waals surface area contributed by atoms with Crippen LogP contribution in [-0.4, -0.2) is 35.3 Å². The maximum Gasteiger partial charge on any atom is 0.226 e. The number of nitrogens with zero attached hydrogens (tertiary/aromatic N) is 1. The molecule has 5 heteroatoms. The van der Waals surface area contributed by atoms with Crippen LogP contribution < -0.4 is 5.32 Å². The molecular weight excluding hydrogens is 295 g/mol. The van der Waals surface area contributed by atoms with Crippen LogP contribution in [0.15, 0.2) is 24.3 Å². The predicted molar refractivity (Wildman–Crippen MR) is 87.3 cm³/mol. The summed E-state index contributed by atoms with van der Waals surface area (Å²) in [6.45, 7) is 7.04. The Morgan fingerprint density at radius 3 is 2.48 bits per heavy atom. The molecule has 0 aromatic heterocycles. The van der Waals surface area contributed by atoms with Crippen LogP contribution in [0.25, 0.3) is 0 Å². The van der Waals surface area contributed by atoms with E-state index >= 15 is 0 Å². The van der Waals surface area contributed by atoms with Gasteiger partial charge in [-0.25, -0.2) is 4.39 Å². The number of carbonyl (C=O) groups excluding carboxylic acids is 2. The highest BCUT2D eigenvalue weighted by atomic mass is 19.1. The molecule has 1 N–H and O–H groups in total. The Hall–Kier alpha value is -1.91. The Morgan fingerprint density at radius 2 is 1.91 bits per heavy atom. The van der Waals surface area contributed by atoms with Gasteiger partial charge < -0.3 is 10.2 Å². The zero-order chi connectivity index (χ0) is 17.0. The van der Waals surface area contributed by atoms with Gasteiger partial charge in [0, 0.05) is 24.5 Å². The predicted octanol–water partition coefficient (Wildman–Crippen LogP) is 2.52. The lowest BCUT2D eigenvalue weighted by Crippen LogP contribution is -2.48. The number of halogens is 1. The third kappa shape index (κ3) is 5.34. The van der Waals surface area contributed by atoms with Crippen molar-refractivity contribution in [3.05, 3.63) is 35.6 Å². The summed E-state index contributed by atoms with van der Waals surface area (Å²) >= 11 is 0. The van der Waals surface area contributed by atoms with Crippen molar-refractivity contribution < 1.29 is 14.0 Å². The fourth-order valence-electron chi connectivity index (χ4n) is 2.80. The van der Waals surface area contributed by atoms with E-state index in [1.807, 2.05) is 20.8 Å². The van der Waals surface area contributed by atoms with Crippen molar-refractivity contribution in [2.24, 2.45) is 5.92 Å². The first kappa shape index (κ1) is 17.4. The zero-order valence-electron chi connectivity index (χ0n) is 14.1. The first-order valence-corrected chi connectivity index (χ1v) is 8.09. The number of rotatable bonds is 3. The smallest absolute Gasteiger partial charge is 0.226 e.